The summed E-state index contributed by atoms with van der Waals surface area (Å²) in [5.41, 5.74) is 0.661. The second-order valence-corrected chi connectivity index (χ2v) is 6.69. The van der Waals surface area contributed by atoms with Gasteiger partial charge in [0.1, 0.15) is 0 Å². The molecule has 0 saturated heterocycles. The first kappa shape index (κ1) is 19.3. The Morgan fingerprint density at radius 2 is 1.00 bits per heavy atom. The minimum absolute atomic E-state index is 0.661. The van der Waals surface area contributed by atoms with Gasteiger partial charge in [-0.3, -0.25) is 0 Å². The number of halogens is 1. The molecule has 0 aromatic rings. The van der Waals surface area contributed by atoms with Crippen LogP contribution in [0.1, 0.15) is 104 Å². The number of hydrogen-bond acceptors (Lipinski definition) is 0. The van der Waals surface area contributed by atoms with Gasteiger partial charge in [0.2, 0.25) is 0 Å². The Morgan fingerprint density at radius 1 is 0.579 bits per heavy atom. The molecule has 0 rings (SSSR count). The summed E-state index contributed by atoms with van der Waals surface area (Å²) >= 11 is 5.80. The van der Waals surface area contributed by atoms with Crippen molar-refractivity contribution in [2.24, 2.45) is 5.41 Å². The van der Waals surface area contributed by atoms with E-state index in [1.54, 1.807) is 0 Å². The lowest BCUT2D eigenvalue weighted by Crippen LogP contribution is -2.21. The lowest BCUT2D eigenvalue weighted by Gasteiger charge is -2.35. The average Bonchev–Trinajstić information content (AvgIpc) is 2.44. The predicted molar refractivity (Wildman–Crippen MR) is 90.2 cm³/mol. The molecule has 0 aromatic heterocycles. The van der Waals surface area contributed by atoms with E-state index in [-0.39, 0.29) is 0 Å². The molecule has 0 radical (unpaired) electrons. The Morgan fingerprint density at radius 3 is 1.37 bits per heavy atom. The molecule has 0 spiro atoms. The van der Waals surface area contributed by atoms with E-state index < -0.39 is 0 Å². The van der Waals surface area contributed by atoms with E-state index in [4.69, 9.17) is 11.6 Å². The zero-order valence-electron chi connectivity index (χ0n) is 13.8. The molecule has 0 saturated carbocycles. The number of hydrogen-bond donors (Lipinski definition) is 0. The summed E-state index contributed by atoms with van der Waals surface area (Å²) in [6.45, 7) is 6.99. The van der Waals surface area contributed by atoms with Gasteiger partial charge in [0.25, 0.3) is 0 Å². The summed E-state index contributed by atoms with van der Waals surface area (Å²) in [6.07, 6.45) is 18.1. The molecule has 0 bridgehead atoms. The maximum absolute atomic E-state index is 5.80. The zero-order valence-corrected chi connectivity index (χ0v) is 14.5. The molecule has 0 unspecified atom stereocenters. The van der Waals surface area contributed by atoms with Crippen LogP contribution in [-0.4, -0.2) is 5.88 Å². The lowest BCUT2D eigenvalue weighted by atomic mass is 9.71. The maximum atomic E-state index is 5.80. The fourth-order valence-corrected chi connectivity index (χ4v) is 3.37. The predicted octanol–water partition coefficient (Wildman–Crippen LogP) is 7.34. The van der Waals surface area contributed by atoms with Gasteiger partial charge in [0, 0.05) is 5.88 Å². The number of rotatable bonds is 14. The Bertz CT molecular complexity index is 155. The summed E-state index contributed by atoms with van der Waals surface area (Å²) in [7, 11) is 0. The summed E-state index contributed by atoms with van der Waals surface area (Å²) in [6, 6.07) is 0. The third-order valence-corrected chi connectivity index (χ3v) is 4.79. The molecule has 0 heterocycles. The normalized spacial score (nSPS) is 12.0. The fourth-order valence-electron chi connectivity index (χ4n) is 3.18. The fraction of sp³-hybridized carbons (Fsp3) is 1.00. The Labute approximate surface area is 127 Å². The monoisotopic (exact) mass is 288 g/mol. The van der Waals surface area contributed by atoms with Crippen LogP contribution < -0.4 is 0 Å². The van der Waals surface area contributed by atoms with Crippen LogP contribution in [0, 0.1) is 5.41 Å². The van der Waals surface area contributed by atoms with Crippen LogP contribution >= 0.6 is 11.6 Å². The van der Waals surface area contributed by atoms with Gasteiger partial charge in [-0.05, 0) is 37.5 Å². The SMILES string of the molecule is CCCCC(CCCC)(CCCC)CCCCCCl. The van der Waals surface area contributed by atoms with E-state index in [1.165, 1.54) is 83.5 Å². The molecule has 0 amide bonds. The average molecular weight is 289 g/mol. The highest BCUT2D eigenvalue weighted by molar-refractivity contribution is 6.17. The van der Waals surface area contributed by atoms with Gasteiger partial charge in [0.15, 0.2) is 0 Å². The molecular weight excluding hydrogens is 252 g/mol. The maximum Gasteiger partial charge on any atom is 0.0223 e. The third-order valence-electron chi connectivity index (χ3n) is 4.52. The minimum Gasteiger partial charge on any atom is -0.127 e. The molecule has 1 heteroatoms. The van der Waals surface area contributed by atoms with E-state index in [2.05, 4.69) is 20.8 Å². The van der Waals surface area contributed by atoms with Crippen LogP contribution in [0.2, 0.25) is 0 Å². The van der Waals surface area contributed by atoms with Crippen LogP contribution in [0.25, 0.3) is 0 Å². The molecule has 0 fully saturated rings. The molecule has 19 heavy (non-hydrogen) atoms. The molecule has 0 aliphatic heterocycles. The Balaban J connectivity index is 4.38. The molecule has 116 valence electrons. The second-order valence-electron chi connectivity index (χ2n) is 6.31. The zero-order chi connectivity index (χ0) is 14.4. The highest BCUT2D eigenvalue weighted by Crippen LogP contribution is 2.41. The lowest BCUT2D eigenvalue weighted by molar-refractivity contribution is 0.176. The topological polar surface area (TPSA) is 0 Å². The first-order chi connectivity index (χ1) is 9.24. The van der Waals surface area contributed by atoms with Crippen molar-refractivity contribution in [3.8, 4) is 0 Å². The number of alkyl halides is 1. The quantitative estimate of drug-likeness (QED) is 0.232. The summed E-state index contributed by atoms with van der Waals surface area (Å²) < 4.78 is 0. The molecule has 0 aliphatic rings. The van der Waals surface area contributed by atoms with Crippen LogP contribution in [-0.2, 0) is 0 Å². The van der Waals surface area contributed by atoms with Crippen molar-refractivity contribution in [1.29, 1.82) is 0 Å². The van der Waals surface area contributed by atoms with Crippen molar-refractivity contribution >= 4 is 11.6 Å². The van der Waals surface area contributed by atoms with Crippen molar-refractivity contribution in [2.75, 3.05) is 5.88 Å². The van der Waals surface area contributed by atoms with Crippen LogP contribution in [0.15, 0.2) is 0 Å². The van der Waals surface area contributed by atoms with Crippen LogP contribution in [0.5, 0.6) is 0 Å². The van der Waals surface area contributed by atoms with Crippen molar-refractivity contribution in [2.45, 2.75) is 104 Å². The van der Waals surface area contributed by atoms with E-state index >= 15 is 0 Å². The summed E-state index contributed by atoms with van der Waals surface area (Å²) in [5.74, 6) is 0.839. The Kier molecular flexibility index (Phi) is 13.5. The van der Waals surface area contributed by atoms with Crippen molar-refractivity contribution in [3.05, 3.63) is 0 Å². The smallest absolute Gasteiger partial charge is 0.0223 e. The molecule has 0 N–H and O–H groups in total. The van der Waals surface area contributed by atoms with Gasteiger partial charge in [-0.1, -0.05) is 72.1 Å². The van der Waals surface area contributed by atoms with Gasteiger partial charge < -0.3 is 0 Å². The van der Waals surface area contributed by atoms with Crippen molar-refractivity contribution in [3.63, 3.8) is 0 Å². The minimum atomic E-state index is 0.661. The molecule has 0 aromatic carbocycles. The van der Waals surface area contributed by atoms with Gasteiger partial charge in [-0.2, -0.15) is 0 Å². The van der Waals surface area contributed by atoms with E-state index in [1.807, 2.05) is 0 Å². The van der Waals surface area contributed by atoms with Gasteiger partial charge in [0.05, 0.1) is 0 Å². The number of unbranched alkanes of at least 4 members (excludes halogenated alkanes) is 5. The second kappa shape index (κ2) is 13.3. The summed E-state index contributed by atoms with van der Waals surface area (Å²) in [5, 5.41) is 0. The first-order valence-electron chi connectivity index (χ1n) is 8.80. The molecule has 0 atom stereocenters. The molecule has 0 nitrogen and oxygen atoms in total. The Hall–Kier alpha value is 0.290. The third kappa shape index (κ3) is 9.77. The van der Waals surface area contributed by atoms with E-state index in [0.717, 1.165) is 5.88 Å². The largest absolute Gasteiger partial charge is 0.127 e. The van der Waals surface area contributed by atoms with Gasteiger partial charge in [-0.25, -0.2) is 0 Å². The van der Waals surface area contributed by atoms with E-state index in [0.29, 0.717) is 5.41 Å². The molecular formula is C18H37Cl. The highest BCUT2D eigenvalue weighted by Gasteiger charge is 2.27. The van der Waals surface area contributed by atoms with Crippen LogP contribution in [0.4, 0.5) is 0 Å². The van der Waals surface area contributed by atoms with Crippen molar-refractivity contribution < 1.29 is 0 Å². The van der Waals surface area contributed by atoms with Gasteiger partial charge >= 0.3 is 0 Å². The van der Waals surface area contributed by atoms with Gasteiger partial charge in [-0.15, -0.1) is 11.6 Å². The highest BCUT2D eigenvalue weighted by atomic mass is 35.5. The van der Waals surface area contributed by atoms with Crippen molar-refractivity contribution in [1.82, 2.24) is 0 Å². The first-order valence-corrected chi connectivity index (χ1v) is 9.34. The molecule has 0 aliphatic carbocycles. The summed E-state index contributed by atoms with van der Waals surface area (Å²) in [4.78, 5) is 0. The van der Waals surface area contributed by atoms with Crippen LogP contribution in [0.3, 0.4) is 0 Å². The standard InChI is InChI=1S/C18H37Cl/c1-4-7-13-18(14-8-5-2,15-9-6-3)16-11-10-12-17-19/h4-17H2,1-3H3. The van der Waals surface area contributed by atoms with E-state index in [9.17, 15) is 0 Å².